The van der Waals surface area contributed by atoms with E-state index in [1.165, 1.54) is 0 Å². The van der Waals surface area contributed by atoms with Crippen LogP contribution in [0.15, 0.2) is 12.3 Å². The van der Waals surface area contributed by atoms with Gasteiger partial charge in [0.1, 0.15) is 0 Å². The standard InChI is InChI=1S/C5H12N2S/c6-2-1-3-7-4-5-8/h1,3,7-8H,2,4-6H2/b3-1+. The van der Waals surface area contributed by atoms with E-state index in [2.05, 4.69) is 17.9 Å². The second-order valence-corrected chi connectivity index (χ2v) is 1.76. The van der Waals surface area contributed by atoms with Crippen molar-refractivity contribution in [3.05, 3.63) is 12.3 Å². The Kier molecular flexibility index (Phi) is 6.72. The molecule has 0 unspecified atom stereocenters. The van der Waals surface area contributed by atoms with Crippen molar-refractivity contribution < 1.29 is 0 Å². The van der Waals surface area contributed by atoms with Gasteiger partial charge in [0.15, 0.2) is 0 Å². The molecule has 0 bridgehead atoms. The predicted octanol–water partition coefficient (Wildman–Crippen LogP) is -0.0218. The van der Waals surface area contributed by atoms with Crippen molar-refractivity contribution in [1.82, 2.24) is 5.32 Å². The molecule has 0 atom stereocenters. The summed E-state index contributed by atoms with van der Waals surface area (Å²) >= 11 is 4.00. The third-order valence-electron chi connectivity index (χ3n) is 0.628. The molecule has 0 amide bonds. The highest BCUT2D eigenvalue weighted by Gasteiger charge is 1.70. The van der Waals surface area contributed by atoms with Gasteiger partial charge in [-0.2, -0.15) is 12.6 Å². The monoisotopic (exact) mass is 132 g/mol. The average Bonchev–Trinajstić information content (AvgIpc) is 1.81. The van der Waals surface area contributed by atoms with E-state index in [0.29, 0.717) is 6.54 Å². The smallest absolute Gasteiger partial charge is 0.0229 e. The number of nitrogens with two attached hydrogens (primary N) is 1. The molecule has 0 fully saturated rings. The van der Waals surface area contributed by atoms with Crippen LogP contribution in [0.5, 0.6) is 0 Å². The summed E-state index contributed by atoms with van der Waals surface area (Å²) in [7, 11) is 0. The Morgan fingerprint density at radius 3 is 2.88 bits per heavy atom. The van der Waals surface area contributed by atoms with Crippen LogP contribution in [-0.4, -0.2) is 18.8 Å². The van der Waals surface area contributed by atoms with E-state index >= 15 is 0 Å². The summed E-state index contributed by atoms with van der Waals surface area (Å²) in [6.45, 7) is 1.50. The highest BCUT2D eigenvalue weighted by molar-refractivity contribution is 7.80. The first kappa shape index (κ1) is 7.85. The van der Waals surface area contributed by atoms with Gasteiger partial charge in [0, 0.05) is 18.8 Å². The minimum Gasteiger partial charge on any atom is -0.390 e. The van der Waals surface area contributed by atoms with Crippen molar-refractivity contribution in [1.29, 1.82) is 0 Å². The topological polar surface area (TPSA) is 38.0 Å². The number of hydrogen-bond donors (Lipinski definition) is 3. The van der Waals surface area contributed by atoms with Crippen LogP contribution in [0.1, 0.15) is 0 Å². The minimum absolute atomic E-state index is 0.597. The van der Waals surface area contributed by atoms with Gasteiger partial charge in [-0.15, -0.1) is 0 Å². The van der Waals surface area contributed by atoms with Crippen LogP contribution < -0.4 is 11.1 Å². The normalized spacial score (nSPS) is 10.2. The SMILES string of the molecule is NC/C=C/NCCS. The zero-order chi connectivity index (χ0) is 6.24. The van der Waals surface area contributed by atoms with Crippen LogP contribution in [0.3, 0.4) is 0 Å². The van der Waals surface area contributed by atoms with Crippen LogP contribution in [0.25, 0.3) is 0 Å². The fourth-order valence-electron chi connectivity index (χ4n) is 0.299. The maximum Gasteiger partial charge on any atom is 0.0229 e. The second kappa shape index (κ2) is 6.85. The lowest BCUT2D eigenvalue weighted by Gasteiger charge is -1.91. The van der Waals surface area contributed by atoms with E-state index in [0.717, 1.165) is 12.3 Å². The summed E-state index contributed by atoms with van der Waals surface area (Å²) in [4.78, 5) is 0. The van der Waals surface area contributed by atoms with Gasteiger partial charge in [0.2, 0.25) is 0 Å². The lowest BCUT2D eigenvalue weighted by molar-refractivity contribution is 0.925. The Balaban J connectivity index is 2.80. The fraction of sp³-hybridized carbons (Fsp3) is 0.600. The fourth-order valence-corrected chi connectivity index (χ4v) is 0.428. The van der Waals surface area contributed by atoms with E-state index in [4.69, 9.17) is 5.73 Å². The molecular weight excluding hydrogens is 120 g/mol. The third-order valence-corrected chi connectivity index (χ3v) is 0.852. The Hall–Kier alpha value is -0.150. The first-order valence-corrected chi connectivity index (χ1v) is 3.24. The number of thiol groups is 1. The van der Waals surface area contributed by atoms with Crippen LogP contribution in [-0.2, 0) is 0 Å². The maximum absolute atomic E-state index is 5.16. The van der Waals surface area contributed by atoms with Gasteiger partial charge in [0.25, 0.3) is 0 Å². The van der Waals surface area contributed by atoms with Crippen molar-refractivity contribution in [2.24, 2.45) is 5.73 Å². The molecule has 0 aromatic carbocycles. The Morgan fingerprint density at radius 1 is 1.62 bits per heavy atom. The Morgan fingerprint density at radius 2 is 2.38 bits per heavy atom. The van der Waals surface area contributed by atoms with Gasteiger partial charge < -0.3 is 11.1 Å². The van der Waals surface area contributed by atoms with Crippen molar-refractivity contribution in [2.75, 3.05) is 18.8 Å². The Bertz CT molecular complexity index is 63.4. The van der Waals surface area contributed by atoms with Crippen LogP contribution in [0.4, 0.5) is 0 Å². The highest BCUT2D eigenvalue weighted by atomic mass is 32.1. The lowest BCUT2D eigenvalue weighted by atomic mass is 10.6. The first-order valence-electron chi connectivity index (χ1n) is 2.61. The summed E-state index contributed by atoms with van der Waals surface area (Å²) in [5, 5.41) is 3.00. The molecule has 3 N–H and O–H groups in total. The summed E-state index contributed by atoms with van der Waals surface area (Å²) in [6, 6.07) is 0. The molecule has 2 nitrogen and oxygen atoms in total. The molecule has 0 rings (SSSR count). The highest BCUT2D eigenvalue weighted by Crippen LogP contribution is 1.68. The molecular formula is C5H12N2S. The van der Waals surface area contributed by atoms with Gasteiger partial charge in [-0.25, -0.2) is 0 Å². The Labute approximate surface area is 55.6 Å². The van der Waals surface area contributed by atoms with Crippen LogP contribution >= 0.6 is 12.6 Å². The van der Waals surface area contributed by atoms with Gasteiger partial charge in [0.05, 0.1) is 0 Å². The molecule has 0 spiro atoms. The van der Waals surface area contributed by atoms with Crippen LogP contribution in [0.2, 0.25) is 0 Å². The lowest BCUT2D eigenvalue weighted by Crippen LogP contribution is -2.08. The van der Waals surface area contributed by atoms with E-state index in [1.807, 2.05) is 12.3 Å². The molecule has 0 aliphatic heterocycles. The van der Waals surface area contributed by atoms with E-state index in [-0.39, 0.29) is 0 Å². The number of nitrogens with one attached hydrogen (secondary N) is 1. The maximum atomic E-state index is 5.16. The van der Waals surface area contributed by atoms with Gasteiger partial charge in [-0.05, 0) is 6.20 Å². The number of hydrogen-bond acceptors (Lipinski definition) is 3. The summed E-state index contributed by atoms with van der Waals surface area (Å²) in [5.41, 5.74) is 5.16. The zero-order valence-electron chi connectivity index (χ0n) is 4.80. The van der Waals surface area contributed by atoms with Gasteiger partial charge >= 0.3 is 0 Å². The summed E-state index contributed by atoms with van der Waals surface area (Å²) in [6.07, 6.45) is 3.71. The molecule has 0 heterocycles. The molecule has 8 heavy (non-hydrogen) atoms. The van der Waals surface area contributed by atoms with Crippen molar-refractivity contribution in [3.63, 3.8) is 0 Å². The molecule has 48 valence electrons. The second-order valence-electron chi connectivity index (χ2n) is 1.32. The third kappa shape index (κ3) is 5.85. The summed E-state index contributed by atoms with van der Waals surface area (Å²) in [5.74, 6) is 0.856. The largest absolute Gasteiger partial charge is 0.390 e. The van der Waals surface area contributed by atoms with Gasteiger partial charge in [-0.3, -0.25) is 0 Å². The van der Waals surface area contributed by atoms with E-state index in [1.54, 1.807) is 0 Å². The molecule has 0 aromatic rings. The van der Waals surface area contributed by atoms with Crippen molar-refractivity contribution in [3.8, 4) is 0 Å². The van der Waals surface area contributed by atoms with E-state index < -0.39 is 0 Å². The van der Waals surface area contributed by atoms with Crippen molar-refractivity contribution in [2.45, 2.75) is 0 Å². The molecule has 3 heteroatoms. The average molecular weight is 132 g/mol. The molecule has 0 saturated heterocycles. The minimum atomic E-state index is 0.597. The predicted molar refractivity (Wildman–Crippen MR) is 40.1 cm³/mol. The van der Waals surface area contributed by atoms with Crippen LogP contribution in [0, 0.1) is 0 Å². The van der Waals surface area contributed by atoms with Gasteiger partial charge in [-0.1, -0.05) is 6.08 Å². The molecule has 0 saturated carbocycles. The quantitative estimate of drug-likeness (QED) is 0.371. The summed E-state index contributed by atoms with van der Waals surface area (Å²) < 4.78 is 0. The number of rotatable bonds is 4. The van der Waals surface area contributed by atoms with E-state index in [9.17, 15) is 0 Å². The van der Waals surface area contributed by atoms with Crippen molar-refractivity contribution >= 4 is 12.6 Å². The first-order chi connectivity index (χ1) is 3.91. The zero-order valence-corrected chi connectivity index (χ0v) is 5.70. The molecule has 0 aromatic heterocycles. The molecule has 0 radical (unpaired) electrons. The molecule has 0 aliphatic rings. The molecule has 0 aliphatic carbocycles.